The molecule has 0 radical (unpaired) electrons. The van der Waals surface area contributed by atoms with Crippen LogP contribution in [0.1, 0.15) is 65.5 Å². The Bertz CT molecular complexity index is 929. The van der Waals surface area contributed by atoms with Gasteiger partial charge in [-0.15, -0.1) is 0 Å². The van der Waals surface area contributed by atoms with Crippen molar-refractivity contribution in [3.63, 3.8) is 0 Å². The van der Waals surface area contributed by atoms with Gasteiger partial charge in [-0.05, 0) is 52.6 Å². The number of hydrogen-bond acceptors (Lipinski definition) is 3. The van der Waals surface area contributed by atoms with Crippen molar-refractivity contribution in [2.24, 2.45) is 0 Å². The molecule has 132 valence electrons. The number of carbonyl (C=O) groups excluding carboxylic acids is 2. The quantitative estimate of drug-likeness (QED) is 0.585. The lowest BCUT2D eigenvalue weighted by Crippen LogP contribution is -2.27. The first-order valence-electron chi connectivity index (χ1n) is 8.85. The Labute approximate surface area is 154 Å². The molecule has 0 aromatic heterocycles. The van der Waals surface area contributed by atoms with Gasteiger partial charge in [-0.3, -0.25) is 4.79 Å². The highest BCUT2D eigenvalue weighted by Crippen LogP contribution is 2.39. The van der Waals surface area contributed by atoms with Crippen LogP contribution in [0.15, 0.2) is 36.4 Å². The summed E-state index contributed by atoms with van der Waals surface area (Å²) in [4.78, 5) is 24.2. The van der Waals surface area contributed by atoms with E-state index >= 15 is 0 Å². The molecule has 0 unspecified atom stereocenters. The Hall–Kier alpha value is -2.86. The zero-order chi connectivity index (χ0) is 18.9. The fourth-order valence-corrected chi connectivity index (χ4v) is 3.60. The van der Waals surface area contributed by atoms with Crippen LogP contribution in [-0.2, 0) is 16.6 Å². The number of esters is 1. The van der Waals surface area contributed by atoms with Crippen molar-refractivity contribution < 1.29 is 14.3 Å². The number of hydrogen-bond donors (Lipinski definition) is 0. The molecule has 0 saturated heterocycles. The predicted octanol–water partition coefficient (Wildman–Crippen LogP) is 4.92. The zero-order valence-electron chi connectivity index (χ0n) is 15.4. The Morgan fingerprint density at radius 1 is 1.19 bits per heavy atom. The first kappa shape index (κ1) is 17.9. The molecular formula is C23H22O3. The van der Waals surface area contributed by atoms with E-state index in [1.807, 2.05) is 37.3 Å². The minimum Gasteiger partial charge on any atom is -0.369 e. The molecule has 0 heterocycles. The lowest BCUT2D eigenvalue weighted by molar-refractivity contribution is 0.0689. The van der Waals surface area contributed by atoms with Gasteiger partial charge >= 0.3 is 5.97 Å². The lowest BCUT2D eigenvalue weighted by atomic mass is 9.71. The minimum atomic E-state index is -0.506. The smallest absolute Gasteiger partial charge is 0.352 e. The molecule has 0 fully saturated rings. The van der Waals surface area contributed by atoms with E-state index in [9.17, 15) is 9.59 Å². The van der Waals surface area contributed by atoms with E-state index in [-0.39, 0.29) is 11.2 Å². The van der Waals surface area contributed by atoms with E-state index in [1.54, 1.807) is 6.07 Å². The van der Waals surface area contributed by atoms with Crippen LogP contribution in [0, 0.1) is 12.5 Å². The highest BCUT2D eigenvalue weighted by molar-refractivity contribution is 5.99. The summed E-state index contributed by atoms with van der Waals surface area (Å²) >= 11 is 0. The number of ketones is 1. The van der Waals surface area contributed by atoms with E-state index in [2.05, 4.69) is 24.7 Å². The van der Waals surface area contributed by atoms with Gasteiger partial charge in [-0.2, -0.15) is 0 Å². The average Bonchev–Trinajstić information content (AvgIpc) is 2.64. The van der Waals surface area contributed by atoms with Crippen molar-refractivity contribution in [2.45, 2.75) is 45.4 Å². The molecule has 2 aromatic carbocycles. The third kappa shape index (κ3) is 3.15. The van der Waals surface area contributed by atoms with Crippen molar-refractivity contribution in [2.75, 3.05) is 0 Å². The van der Waals surface area contributed by atoms with E-state index < -0.39 is 5.97 Å². The van der Waals surface area contributed by atoms with E-state index in [1.165, 1.54) is 0 Å². The maximum absolute atomic E-state index is 12.2. The third-order valence-corrected chi connectivity index (χ3v) is 5.22. The van der Waals surface area contributed by atoms with Crippen molar-refractivity contribution >= 4 is 11.8 Å². The van der Waals surface area contributed by atoms with Crippen LogP contribution >= 0.6 is 0 Å². The third-order valence-electron chi connectivity index (χ3n) is 5.22. The van der Waals surface area contributed by atoms with Gasteiger partial charge < -0.3 is 4.74 Å². The summed E-state index contributed by atoms with van der Waals surface area (Å²) in [5.41, 5.74) is 5.32. The number of fused-ring (bicyclic) bond motifs is 1. The van der Waals surface area contributed by atoms with Gasteiger partial charge in [0.25, 0.3) is 0 Å². The van der Waals surface area contributed by atoms with Gasteiger partial charge in [0, 0.05) is 12.0 Å². The Kier molecular flexibility index (Phi) is 4.70. The fourth-order valence-electron chi connectivity index (χ4n) is 3.60. The molecular weight excluding hydrogens is 324 g/mol. The van der Waals surface area contributed by atoms with E-state index in [0.29, 0.717) is 18.4 Å². The molecule has 0 N–H and O–H groups in total. The number of benzene rings is 2. The second-order valence-electron chi connectivity index (χ2n) is 7.30. The van der Waals surface area contributed by atoms with Crippen LogP contribution in [0.4, 0.5) is 0 Å². The SMILES string of the molecule is C#COC(=O)c1ccc(-c2ccc3c(c2)C(C)(C)CCC3=O)cc1CC. The van der Waals surface area contributed by atoms with Crippen LogP contribution < -0.4 is 0 Å². The van der Waals surface area contributed by atoms with Gasteiger partial charge in [0.1, 0.15) is 6.11 Å². The summed E-state index contributed by atoms with van der Waals surface area (Å²) in [5.74, 6) is -0.291. The number of terminal acetylenes is 1. The molecule has 0 atom stereocenters. The van der Waals surface area contributed by atoms with E-state index in [4.69, 9.17) is 6.42 Å². The number of rotatable bonds is 3. The van der Waals surface area contributed by atoms with Crippen molar-refractivity contribution in [1.82, 2.24) is 0 Å². The number of aryl methyl sites for hydroxylation is 1. The second-order valence-corrected chi connectivity index (χ2v) is 7.30. The Morgan fingerprint density at radius 3 is 2.58 bits per heavy atom. The van der Waals surface area contributed by atoms with Gasteiger partial charge in [0.2, 0.25) is 0 Å². The minimum absolute atomic E-state index is 0.0244. The topological polar surface area (TPSA) is 43.4 Å². The summed E-state index contributed by atoms with van der Waals surface area (Å²) in [7, 11) is 0. The molecule has 1 aliphatic carbocycles. The first-order valence-corrected chi connectivity index (χ1v) is 8.85. The molecule has 0 bridgehead atoms. The second kappa shape index (κ2) is 6.80. The molecule has 0 amide bonds. The van der Waals surface area contributed by atoms with Crippen LogP contribution in [0.3, 0.4) is 0 Å². The van der Waals surface area contributed by atoms with Crippen molar-refractivity contribution in [3.05, 3.63) is 58.7 Å². The summed E-state index contributed by atoms with van der Waals surface area (Å²) in [6.07, 6.45) is 9.14. The highest BCUT2D eigenvalue weighted by atomic mass is 16.5. The fraction of sp³-hybridized carbons (Fsp3) is 0.304. The monoisotopic (exact) mass is 346 g/mol. The van der Waals surface area contributed by atoms with Crippen molar-refractivity contribution in [3.8, 4) is 23.7 Å². The van der Waals surface area contributed by atoms with Gasteiger partial charge in [0.15, 0.2) is 5.78 Å². The number of Topliss-reactive ketones (excluding diaryl/α,β-unsaturated/α-hetero) is 1. The molecule has 3 rings (SSSR count). The maximum atomic E-state index is 12.2. The van der Waals surface area contributed by atoms with E-state index in [0.717, 1.165) is 34.2 Å². The highest BCUT2D eigenvalue weighted by Gasteiger charge is 2.31. The number of carbonyl (C=O) groups is 2. The summed E-state index contributed by atoms with van der Waals surface area (Å²) in [5, 5.41) is 0. The number of ether oxygens (including phenoxy) is 1. The lowest BCUT2D eigenvalue weighted by Gasteiger charge is -2.32. The molecule has 3 heteroatoms. The normalized spacial score (nSPS) is 15.1. The molecule has 0 saturated carbocycles. The van der Waals surface area contributed by atoms with Crippen LogP contribution in [-0.4, -0.2) is 11.8 Å². The average molecular weight is 346 g/mol. The zero-order valence-corrected chi connectivity index (χ0v) is 15.4. The molecule has 3 nitrogen and oxygen atoms in total. The summed E-state index contributed by atoms with van der Waals surface area (Å²) in [6, 6.07) is 11.7. The Morgan fingerprint density at radius 2 is 1.88 bits per heavy atom. The first-order chi connectivity index (χ1) is 12.4. The largest absolute Gasteiger partial charge is 0.369 e. The standard InChI is InChI=1S/C23H22O3/c1-5-15-13-16(7-9-18(15)22(25)26-6-2)17-8-10-19-20(14-17)23(3,4)12-11-21(19)24/h2,7-10,13-14H,5,11-12H2,1,3-4H3. The predicted molar refractivity (Wildman–Crippen MR) is 102 cm³/mol. The van der Waals surface area contributed by atoms with Gasteiger partial charge in [-0.1, -0.05) is 51.5 Å². The van der Waals surface area contributed by atoms with Gasteiger partial charge in [0.05, 0.1) is 5.56 Å². The van der Waals surface area contributed by atoms with Gasteiger partial charge in [-0.25, -0.2) is 4.79 Å². The maximum Gasteiger partial charge on any atom is 0.352 e. The van der Waals surface area contributed by atoms with Crippen LogP contribution in [0.25, 0.3) is 11.1 Å². The molecule has 0 aliphatic heterocycles. The summed E-state index contributed by atoms with van der Waals surface area (Å²) in [6.45, 7) is 6.34. The molecule has 2 aromatic rings. The van der Waals surface area contributed by atoms with Crippen LogP contribution in [0.2, 0.25) is 0 Å². The summed E-state index contributed by atoms with van der Waals surface area (Å²) < 4.78 is 4.68. The van der Waals surface area contributed by atoms with Crippen molar-refractivity contribution in [1.29, 1.82) is 0 Å². The molecule has 0 spiro atoms. The van der Waals surface area contributed by atoms with Crippen LogP contribution in [0.5, 0.6) is 0 Å². The molecule has 1 aliphatic rings. The Balaban J connectivity index is 2.07. The molecule has 26 heavy (non-hydrogen) atoms.